The van der Waals surface area contributed by atoms with Crippen LogP contribution >= 0.6 is 38.5 Å². The van der Waals surface area contributed by atoms with E-state index in [1.807, 2.05) is 12.1 Å². The Labute approximate surface area is 99.0 Å². The van der Waals surface area contributed by atoms with Crippen LogP contribution in [0.4, 0.5) is 0 Å². The highest BCUT2D eigenvalue weighted by Gasteiger charge is 1.95. The van der Waals surface area contributed by atoms with Crippen LogP contribution in [0.15, 0.2) is 47.2 Å². The van der Waals surface area contributed by atoms with Crippen molar-refractivity contribution in [1.82, 2.24) is 4.57 Å². The first kappa shape index (κ1) is 9.27. The molecule has 0 spiro atoms. The van der Waals surface area contributed by atoms with Gasteiger partial charge in [-0.05, 0) is 52.9 Å². The van der Waals surface area contributed by atoms with Crippen molar-refractivity contribution in [2.24, 2.45) is 0 Å². The summed E-state index contributed by atoms with van der Waals surface area (Å²) in [7, 11) is 0. The van der Waals surface area contributed by atoms with Gasteiger partial charge in [0.1, 0.15) is 0 Å². The minimum Gasteiger partial charge on any atom is -0.323 e. The summed E-state index contributed by atoms with van der Waals surface area (Å²) in [5.41, 5.74) is 1.19. The minimum atomic E-state index is 1.11. The summed E-state index contributed by atoms with van der Waals surface area (Å²) >= 11 is 5.72. The molecule has 0 saturated heterocycles. The first-order valence-electron chi connectivity index (χ1n) is 3.85. The Balaban J connectivity index is 2.41. The molecule has 0 N–H and O–H groups in total. The molecular formula is C10H7BrIN. The summed E-state index contributed by atoms with van der Waals surface area (Å²) in [6.45, 7) is 0. The standard InChI is InChI=1S/C10H7BrIN/c11-8-1-3-10(4-2-8)13-6-5-9(12)7-13/h1-7H. The number of hydrogen-bond donors (Lipinski definition) is 0. The first-order chi connectivity index (χ1) is 6.25. The number of nitrogens with zero attached hydrogens (tertiary/aromatic N) is 1. The van der Waals surface area contributed by atoms with E-state index in [9.17, 15) is 0 Å². The zero-order valence-corrected chi connectivity index (χ0v) is 10.5. The van der Waals surface area contributed by atoms with Gasteiger partial charge < -0.3 is 4.57 Å². The molecular weight excluding hydrogens is 341 g/mol. The minimum absolute atomic E-state index is 1.11. The smallest absolute Gasteiger partial charge is 0.0450 e. The first-order valence-corrected chi connectivity index (χ1v) is 5.72. The van der Waals surface area contributed by atoms with Crippen molar-refractivity contribution in [3.8, 4) is 5.69 Å². The highest BCUT2D eigenvalue weighted by Crippen LogP contribution is 2.15. The third-order valence-corrected chi connectivity index (χ3v) is 2.95. The van der Waals surface area contributed by atoms with Crippen LogP contribution in [0.5, 0.6) is 0 Å². The molecule has 3 heteroatoms. The predicted molar refractivity (Wildman–Crippen MR) is 66.2 cm³/mol. The van der Waals surface area contributed by atoms with E-state index in [-0.39, 0.29) is 0 Å². The third kappa shape index (κ3) is 2.14. The third-order valence-electron chi connectivity index (χ3n) is 1.78. The number of halogens is 2. The second-order valence-electron chi connectivity index (χ2n) is 2.71. The van der Waals surface area contributed by atoms with Crippen molar-refractivity contribution in [3.05, 3.63) is 50.8 Å². The Bertz CT molecular complexity index is 405. The highest BCUT2D eigenvalue weighted by molar-refractivity contribution is 14.1. The van der Waals surface area contributed by atoms with Crippen LogP contribution in [0, 0.1) is 3.57 Å². The molecule has 0 unspecified atom stereocenters. The van der Waals surface area contributed by atoms with Crippen LogP contribution in [-0.4, -0.2) is 4.57 Å². The monoisotopic (exact) mass is 347 g/mol. The van der Waals surface area contributed by atoms with E-state index < -0.39 is 0 Å². The molecule has 1 aromatic heterocycles. The molecule has 2 aromatic rings. The number of rotatable bonds is 1. The number of hydrogen-bond acceptors (Lipinski definition) is 0. The molecule has 0 atom stereocenters. The molecule has 0 amide bonds. The molecule has 1 aromatic carbocycles. The van der Waals surface area contributed by atoms with Gasteiger partial charge in [0.2, 0.25) is 0 Å². The van der Waals surface area contributed by atoms with Crippen LogP contribution in [0.25, 0.3) is 5.69 Å². The van der Waals surface area contributed by atoms with Crippen LogP contribution in [0.2, 0.25) is 0 Å². The average Bonchev–Trinajstić information content (AvgIpc) is 2.53. The molecule has 1 heterocycles. The van der Waals surface area contributed by atoms with Gasteiger partial charge in [-0.15, -0.1) is 0 Å². The average molecular weight is 348 g/mol. The summed E-state index contributed by atoms with van der Waals surface area (Å²) < 4.78 is 4.47. The summed E-state index contributed by atoms with van der Waals surface area (Å²) in [6.07, 6.45) is 4.16. The Hall–Kier alpha value is -0.290. The normalized spacial score (nSPS) is 10.3. The Kier molecular flexibility index (Phi) is 2.74. The number of aromatic nitrogens is 1. The van der Waals surface area contributed by atoms with Crippen LogP contribution in [-0.2, 0) is 0 Å². The van der Waals surface area contributed by atoms with Gasteiger partial charge in [-0.3, -0.25) is 0 Å². The predicted octanol–water partition coefficient (Wildman–Crippen LogP) is 3.84. The molecule has 0 fully saturated rings. The molecule has 1 nitrogen and oxygen atoms in total. The van der Waals surface area contributed by atoms with Crippen molar-refractivity contribution >= 4 is 38.5 Å². The quantitative estimate of drug-likeness (QED) is 0.691. The fourth-order valence-electron chi connectivity index (χ4n) is 1.14. The zero-order valence-electron chi connectivity index (χ0n) is 6.74. The summed E-state index contributed by atoms with van der Waals surface area (Å²) in [5, 5.41) is 0. The van der Waals surface area contributed by atoms with Crippen LogP contribution in [0.1, 0.15) is 0 Å². The molecule has 0 radical (unpaired) electrons. The van der Waals surface area contributed by atoms with Crippen LogP contribution < -0.4 is 0 Å². The molecule has 0 aliphatic heterocycles. The van der Waals surface area contributed by atoms with Crippen molar-refractivity contribution in [2.75, 3.05) is 0 Å². The van der Waals surface area contributed by atoms with Gasteiger partial charge in [0.05, 0.1) is 0 Å². The molecule has 13 heavy (non-hydrogen) atoms. The lowest BCUT2D eigenvalue weighted by Gasteiger charge is -2.01. The Morgan fingerprint density at radius 1 is 1.08 bits per heavy atom. The molecule has 0 saturated carbocycles. The van der Waals surface area contributed by atoms with Crippen molar-refractivity contribution in [1.29, 1.82) is 0 Å². The van der Waals surface area contributed by atoms with E-state index in [2.05, 4.69) is 73.7 Å². The van der Waals surface area contributed by atoms with Crippen molar-refractivity contribution in [3.63, 3.8) is 0 Å². The molecule has 0 aliphatic carbocycles. The lowest BCUT2D eigenvalue weighted by molar-refractivity contribution is 1.08. The summed E-state index contributed by atoms with van der Waals surface area (Å²) in [4.78, 5) is 0. The molecule has 2 rings (SSSR count). The second kappa shape index (κ2) is 3.84. The van der Waals surface area contributed by atoms with E-state index in [1.54, 1.807) is 0 Å². The SMILES string of the molecule is Brc1ccc(-n2ccc(I)c2)cc1. The topological polar surface area (TPSA) is 4.93 Å². The van der Waals surface area contributed by atoms with Gasteiger partial charge in [-0.25, -0.2) is 0 Å². The molecule has 0 aliphatic rings. The lowest BCUT2D eigenvalue weighted by atomic mass is 10.3. The summed E-state index contributed by atoms with van der Waals surface area (Å²) in [5.74, 6) is 0. The second-order valence-corrected chi connectivity index (χ2v) is 4.87. The Morgan fingerprint density at radius 3 is 2.31 bits per heavy atom. The maximum absolute atomic E-state index is 3.41. The van der Waals surface area contributed by atoms with Gasteiger partial charge in [0.15, 0.2) is 0 Å². The zero-order chi connectivity index (χ0) is 9.26. The maximum atomic E-state index is 3.41. The highest BCUT2D eigenvalue weighted by atomic mass is 127. The van der Waals surface area contributed by atoms with Crippen molar-refractivity contribution < 1.29 is 0 Å². The fraction of sp³-hybridized carbons (Fsp3) is 0. The van der Waals surface area contributed by atoms with Gasteiger partial charge in [-0.2, -0.15) is 0 Å². The molecule has 0 bridgehead atoms. The van der Waals surface area contributed by atoms with E-state index >= 15 is 0 Å². The van der Waals surface area contributed by atoms with E-state index in [0.717, 1.165) is 4.47 Å². The fourth-order valence-corrected chi connectivity index (χ4v) is 1.87. The summed E-state index contributed by atoms with van der Waals surface area (Å²) in [6, 6.07) is 10.3. The Morgan fingerprint density at radius 2 is 1.77 bits per heavy atom. The van der Waals surface area contributed by atoms with E-state index in [4.69, 9.17) is 0 Å². The largest absolute Gasteiger partial charge is 0.323 e. The maximum Gasteiger partial charge on any atom is 0.0450 e. The lowest BCUT2D eigenvalue weighted by Crippen LogP contribution is -1.87. The molecule has 66 valence electrons. The van der Waals surface area contributed by atoms with Gasteiger partial charge in [0, 0.05) is 26.1 Å². The van der Waals surface area contributed by atoms with Crippen molar-refractivity contribution in [2.45, 2.75) is 0 Å². The van der Waals surface area contributed by atoms with E-state index in [1.165, 1.54) is 9.26 Å². The van der Waals surface area contributed by atoms with Gasteiger partial charge in [0.25, 0.3) is 0 Å². The van der Waals surface area contributed by atoms with Gasteiger partial charge >= 0.3 is 0 Å². The van der Waals surface area contributed by atoms with Gasteiger partial charge in [-0.1, -0.05) is 15.9 Å². The van der Waals surface area contributed by atoms with E-state index in [0.29, 0.717) is 0 Å². The van der Waals surface area contributed by atoms with Crippen LogP contribution in [0.3, 0.4) is 0 Å². The number of benzene rings is 1.